The van der Waals surface area contributed by atoms with Crippen molar-refractivity contribution in [2.45, 2.75) is 6.92 Å². The number of hydrogen-bond acceptors (Lipinski definition) is 5. The van der Waals surface area contributed by atoms with E-state index in [1.165, 1.54) is 7.11 Å². The summed E-state index contributed by atoms with van der Waals surface area (Å²) in [7, 11) is 1.50. The van der Waals surface area contributed by atoms with Gasteiger partial charge in [-0.15, -0.1) is 0 Å². The smallest absolute Gasteiger partial charge is 0.261 e. The van der Waals surface area contributed by atoms with Gasteiger partial charge >= 0.3 is 0 Å². The second-order valence-electron chi connectivity index (χ2n) is 6.91. The summed E-state index contributed by atoms with van der Waals surface area (Å²) < 4.78 is 5.99. The lowest BCUT2D eigenvalue weighted by molar-refractivity contribution is -0.129. The molecule has 1 heterocycles. The Hall–Kier alpha value is -2.36. The van der Waals surface area contributed by atoms with Crippen molar-refractivity contribution in [3.63, 3.8) is 0 Å². The summed E-state index contributed by atoms with van der Waals surface area (Å²) in [5.41, 5.74) is 1.91. The van der Waals surface area contributed by atoms with Crippen LogP contribution in [0.1, 0.15) is 17.3 Å². The predicted molar refractivity (Wildman–Crippen MR) is 130 cm³/mol. The Morgan fingerprint density at radius 3 is 2.45 bits per heavy atom. The zero-order chi connectivity index (χ0) is 22.5. The first-order chi connectivity index (χ1) is 14.8. The molecule has 7 nitrogen and oxygen atoms in total. The summed E-state index contributed by atoms with van der Waals surface area (Å²) >= 11 is 15.1. The van der Waals surface area contributed by atoms with E-state index in [1.54, 1.807) is 31.2 Å². The minimum atomic E-state index is -0.387. The van der Waals surface area contributed by atoms with Crippen molar-refractivity contribution in [2.24, 2.45) is 0 Å². The third-order valence-corrected chi connectivity index (χ3v) is 5.90. The monoisotopic (exact) mass is 524 g/mol. The van der Waals surface area contributed by atoms with Gasteiger partial charge in [-0.1, -0.05) is 27.5 Å². The highest BCUT2D eigenvalue weighted by Gasteiger charge is 2.20. The SMILES string of the molecule is COc1ccc(Br)cc1C(=O)NC(=S)Nc1ccc(N2CCN(C(C)=O)CC2)c(Cl)c1. The van der Waals surface area contributed by atoms with E-state index in [0.717, 1.165) is 23.2 Å². The van der Waals surface area contributed by atoms with Gasteiger partial charge in [-0.05, 0) is 48.6 Å². The van der Waals surface area contributed by atoms with Crippen LogP contribution in [0.3, 0.4) is 0 Å². The molecular formula is C21H22BrClN4O3S. The van der Waals surface area contributed by atoms with Crippen LogP contribution in [0.2, 0.25) is 5.02 Å². The van der Waals surface area contributed by atoms with E-state index in [-0.39, 0.29) is 16.9 Å². The van der Waals surface area contributed by atoms with Crippen LogP contribution >= 0.6 is 39.7 Å². The maximum Gasteiger partial charge on any atom is 0.261 e. The molecule has 2 aromatic carbocycles. The number of nitrogens with one attached hydrogen (secondary N) is 2. The van der Waals surface area contributed by atoms with Gasteiger partial charge in [-0.2, -0.15) is 0 Å². The van der Waals surface area contributed by atoms with Gasteiger partial charge in [0.2, 0.25) is 5.91 Å². The second-order valence-corrected chi connectivity index (χ2v) is 8.64. The Morgan fingerprint density at radius 1 is 1.13 bits per heavy atom. The molecule has 0 spiro atoms. The van der Waals surface area contributed by atoms with Crippen LogP contribution in [0, 0.1) is 0 Å². The molecule has 164 valence electrons. The second kappa shape index (κ2) is 10.3. The van der Waals surface area contributed by atoms with E-state index in [2.05, 4.69) is 31.5 Å². The minimum absolute atomic E-state index is 0.0846. The summed E-state index contributed by atoms with van der Waals surface area (Å²) in [5.74, 6) is 0.142. The number of hydrogen-bond donors (Lipinski definition) is 2. The number of benzene rings is 2. The number of thiocarbonyl (C=S) groups is 1. The first-order valence-electron chi connectivity index (χ1n) is 9.54. The van der Waals surface area contributed by atoms with Crippen LogP contribution in [0.25, 0.3) is 0 Å². The predicted octanol–water partition coefficient (Wildman–Crippen LogP) is 3.91. The molecule has 2 amide bonds. The van der Waals surface area contributed by atoms with Gasteiger partial charge in [0.1, 0.15) is 5.75 Å². The van der Waals surface area contributed by atoms with Gasteiger partial charge in [0.05, 0.1) is 23.4 Å². The first-order valence-corrected chi connectivity index (χ1v) is 11.1. The van der Waals surface area contributed by atoms with Crippen molar-refractivity contribution in [3.05, 3.63) is 51.5 Å². The number of amides is 2. The molecule has 31 heavy (non-hydrogen) atoms. The number of anilines is 2. The van der Waals surface area contributed by atoms with E-state index in [9.17, 15) is 9.59 Å². The third-order valence-electron chi connectivity index (χ3n) is 4.90. The summed E-state index contributed by atoms with van der Waals surface area (Å²) in [6.07, 6.45) is 0. The Labute approximate surface area is 199 Å². The maximum absolute atomic E-state index is 12.6. The number of carbonyl (C=O) groups excluding carboxylic acids is 2. The fourth-order valence-electron chi connectivity index (χ4n) is 3.29. The lowest BCUT2D eigenvalue weighted by atomic mass is 10.2. The number of piperazine rings is 1. The van der Waals surface area contributed by atoms with E-state index in [1.807, 2.05) is 17.0 Å². The molecule has 1 aliphatic rings. The molecule has 0 radical (unpaired) electrons. The Morgan fingerprint density at radius 2 is 1.84 bits per heavy atom. The normalized spacial score (nSPS) is 13.5. The van der Waals surface area contributed by atoms with Crippen molar-refractivity contribution in [1.29, 1.82) is 0 Å². The summed E-state index contributed by atoms with van der Waals surface area (Å²) in [6, 6.07) is 10.6. The minimum Gasteiger partial charge on any atom is -0.496 e. The van der Waals surface area contributed by atoms with E-state index < -0.39 is 0 Å². The fourth-order valence-corrected chi connectivity index (χ4v) is 4.17. The lowest BCUT2D eigenvalue weighted by Crippen LogP contribution is -2.48. The quantitative estimate of drug-likeness (QED) is 0.590. The number of ether oxygens (including phenoxy) is 1. The average Bonchev–Trinajstić information content (AvgIpc) is 2.73. The molecule has 0 bridgehead atoms. The Balaban J connectivity index is 1.62. The maximum atomic E-state index is 12.6. The van der Waals surface area contributed by atoms with Gasteiger partial charge in [0.15, 0.2) is 5.11 Å². The van der Waals surface area contributed by atoms with Crippen LogP contribution in [-0.4, -0.2) is 55.1 Å². The molecule has 1 fully saturated rings. The van der Waals surface area contributed by atoms with Crippen molar-refractivity contribution in [3.8, 4) is 5.75 Å². The topological polar surface area (TPSA) is 73.9 Å². The van der Waals surface area contributed by atoms with Gasteiger partial charge in [-0.3, -0.25) is 14.9 Å². The molecular weight excluding hydrogens is 504 g/mol. The van der Waals surface area contributed by atoms with E-state index >= 15 is 0 Å². The van der Waals surface area contributed by atoms with Crippen molar-refractivity contribution >= 4 is 68.1 Å². The molecule has 0 unspecified atom stereocenters. The Bertz CT molecular complexity index is 1010. The number of methoxy groups -OCH3 is 1. The van der Waals surface area contributed by atoms with Gasteiger partial charge in [0, 0.05) is 43.3 Å². The molecule has 1 aliphatic heterocycles. The summed E-state index contributed by atoms with van der Waals surface area (Å²) in [6.45, 7) is 4.35. The van der Waals surface area contributed by atoms with Gasteiger partial charge in [-0.25, -0.2) is 0 Å². The zero-order valence-corrected chi connectivity index (χ0v) is 20.2. The zero-order valence-electron chi connectivity index (χ0n) is 17.1. The highest BCUT2D eigenvalue weighted by molar-refractivity contribution is 9.10. The number of nitrogens with zero attached hydrogens (tertiary/aromatic N) is 2. The largest absolute Gasteiger partial charge is 0.496 e. The van der Waals surface area contributed by atoms with Gasteiger partial charge in [0.25, 0.3) is 5.91 Å². The molecule has 3 rings (SSSR count). The Kier molecular flexibility index (Phi) is 7.74. The average molecular weight is 526 g/mol. The summed E-state index contributed by atoms with van der Waals surface area (Å²) in [4.78, 5) is 28.0. The van der Waals surface area contributed by atoms with Gasteiger partial charge < -0.3 is 19.9 Å². The fraction of sp³-hybridized carbons (Fsp3) is 0.286. The van der Waals surface area contributed by atoms with Crippen molar-refractivity contribution < 1.29 is 14.3 Å². The summed E-state index contributed by atoms with van der Waals surface area (Å²) in [5, 5.41) is 6.33. The molecule has 10 heteroatoms. The molecule has 2 N–H and O–H groups in total. The van der Waals surface area contributed by atoms with Crippen LogP contribution in [0.5, 0.6) is 5.75 Å². The molecule has 1 saturated heterocycles. The van der Waals surface area contributed by atoms with E-state index in [4.69, 9.17) is 28.6 Å². The highest BCUT2D eigenvalue weighted by atomic mass is 79.9. The number of rotatable bonds is 4. The van der Waals surface area contributed by atoms with Crippen LogP contribution in [-0.2, 0) is 4.79 Å². The van der Waals surface area contributed by atoms with Crippen molar-refractivity contribution in [1.82, 2.24) is 10.2 Å². The third kappa shape index (κ3) is 5.87. The number of carbonyl (C=O) groups is 2. The standard InChI is InChI=1S/C21H22BrClN4O3S/c1-13(28)26-7-9-27(10-8-26)18-5-4-15(12-17(18)23)24-21(31)25-20(29)16-11-14(22)3-6-19(16)30-2/h3-6,11-12H,7-10H2,1-2H3,(H2,24,25,29,31). The molecule has 0 atom stereocenters. The van der Waals surface area contributed by atoms with E-state index in [0.29, 0.717) is 35.1 Å². The molecule has 0 aromatic heterocycles. The first kappa shape index (κ1) is 23.3. The molecule has 0 saturated carbocycles. The lowest BCUT2D eigenvalue weighted by Gasteiger charge is -2.36. The number of halogens is 2. The molecule has 0 aliphatic carbocycles. The molecule has 2 aromatic rings. The van der Waals surface area contributed by atoms with Crippen LogP contribution in [0.15, 0.2) is 40.9 Å². The van der Waals surface area contributed by atoms with Crippen molar-refractivity contribution in [2.75, 3.05) is 43.5 Å². The highest BCUT2D eigenvalue weighted by Crippen LogP contribution is 2.30. The van der Waals surface area contributed by atoms with Crippen LogP contribution in [0.4, 0.5) is 11.4 Å². The van der Waals surface area contributed by atoms with Crippen LogP contribution < -0.4 is 20.3 Å².